The number of benzene rings is 1. The van der Waals surface area contributed by atoms with E-state index < -0.39 is 16.4 Å². The Morgan fingerprint density at radius 2 is 0.750 bits per heavy atom. The van der Waals surface area contributed by atoms with E-state index in [1.807, 2.05) is 6.92 Å². The van der Waals surface area contributed by atoms with Gasteiger partial charge in [0.2, 0.25) is 0 Å². The molecule has 0 saturated carbocycles. The molecule has 1 aromatic carbocycles. The summed E-state index contributed by atoms with van der Waals surface area (Å²) < 4.78 is 42.9. The summed E-state index contributed by atoms with van der Waals surface area (Å²) in [6.07, 6.45) is 37.6. The number of hydrogen-bond donors (Lipinski definition) is 0. The fourth-order valence-corrected chi connectivity index (χ4v) is 7.16. The predicted molar refractivity (Wildman–Crippen MR) is 205 cm³/mol. The summed E-state index contributed by atoms with van der Waals surface area (Å²) in [5.74, 6) is 0. The Balaban J connectivity index is 2.19. The average Bonchev–Trinajstić information content (AvgIpc) is 3.08. The fourth-order valence-electron chi connectivity index (χ4n) is 6.26. The van der Waals surface area contributed by atoms with Gasteiger partial charge < -0.3 is 9.47 Å². The van der Waals surface area contributed by atoms with E-state index in [1.165, 1.54) is 161 Å². The third kappa shape index (κ3) is 27.8. The molecule has 0 heterocycles. The smallest absolute Gasteiger partial charge is 0.297 e. The minimum Gasteiger partial charge on any atom is -0.350 e. The van der Waals surface area contributed by atoms with E-state index in [0.717, 1.165) is 31.2 Å². The van der Waals surface area contributed by atoms with Crippen LogP contribution in [0.15, 0.2) is 29.2 Å². The first kappa shape index (κ1) is 45.1. The van der Waals surface area contributed by atoms with E-state index in [-0.39, 0.29) is 11.5 Å². The topological polar surface area (TPSA) is 61.8 Å². The SMILES string of the molecule is CCCCCCCCCCCCCCCCCOC(COS(=O)(=O)c1ccc(C)cc1)OCCCCCCCCCCCCCCCC. The Morgan fingerprint density at radius 3 is 1.06 bits per heavy atom. The van der Waals surface area contributed by atoms with Gasteiger partial charge in [-0.15, -0.1) is 0 Å². The molecule has 5 nitrogen and oxygen atoms in total. The Hall–Kier alpha value is -0.950. The monoisotopic (exact) mass is 695 g/mol. The van der Waals surface area contributed by atoms with Crippen LogP contribution in [0.1, 0.15) is 206 Å². The summed E-state index contributed by atoms with van der Waals surface area (Å²) >= 11 is 0. The van der Waals surface area contributed by atoms with Crippen molar-refractivity contribution in [1.29, 1.82) is 0 Å². The van der Waals surface area contributed by atoms with E-state index >= 15 is 0 Å². The molecule has 1 unspecified atom stereocenters. The molecule has 0 aliphatic rings. The lowest BCUT2D eigenvalue weighted by atomic mass is 10.0. The molecule has 0 N–H and O–H groups in total. The summed E-state index contributed by atoms with van der Waals surface area (Å²) in [5.41, 5.74) is 1.01. The number of hydrogen-bond acceptors (Lipinski definition) is 5. The lowest BCUT2D eigenvalue weighted by Crippen LogP contribution is -2.26. The first-order chi connectivity index (χ1) is 23.5. The van der Waals surface area contributed by atoms with Gasteiger partial charge in [0.1, 0.15) is 6.61 Å². The molecule has 1 aromatic rings. The zero-order valence-electron chi connectivity index (χ0n) is 32.0. The molecule has 0 amide bonds. The van der Waals surface area contributed by atoms with Crippen molar-refractivity contribution in [1.82, 2.24) is 0 Å². The van der Waals surface area contributed by atoms with Gasteiger partial charge in [-0.25, -0.2) is 0 Å². The van der Waals surface area contributed by atoms with Gasteiger partial charge in [-0.1, -0.05) is 205 Å². The summed E-state index contributed by atoms with van der Waals surface area (Å²) in [7, 11) is -3.85. The third-order valence-electron chi connectivity index (χ3n) is 9.52. The number of rotatable bonds is 37. The molecule has 0 fully saturated rings. The van der Waals surface area contributed by atoms with Crippen LogP contribution in [0.5, 0.6) is 0 Å². The fraction of sp³-hybridized carbons (Fsp3) is 0.857. The van der Waals surface area contributed by atoms with E-state index in [9.17, 15) is 8.42 Å². The molecule has 48 heavy (non-hydrogen) atoms. The van der Waals surface area contributed by atoms with Crippen LogP contribution in [-0.2, 0) is 23.8 Å². The van der Waals surface area contributed by atoms with Crippen molar-refractivity contribution in [3.8, 4) is 0 Å². The van der Waals surface area contributed by atoms with Crippen LogP contribution < -0.4 is 0 Å². The zero-order chi connectivity index (χ0) is 34.8. The molecule has 0 saturated heterocycles. The molecular formula is C42H78O5S. The van der Waals surface area contributed by atoms with Gasteiger partial charge in [0, 0.05) is 13.2 Å². The molecular weight excluding hydrogens is 617 g/mol. The van der Waals surface area contributed by atoms with Gasteiger partial charge in [-0.2, -0.15) is 8.42 Å². The van der Waals surface area contributed by atoms with Gasteiger partial charge >= 0.3 is 0 Å². The van der Waals surface area contributed by atoms with E-state index in [4.69, 9.17) is 13.7 Å². The first-order valence-corrected chi connectivity index (χ1v) is 22.1. The van der Waals surface area contributed by atoms with Crippen molar-refractivity contribution in [3.05, 3.63) is 29.8 Å². The van der Waals surface area contributed by atoms with Gasteiger partial charge in [0.25, 0.3) is 10.1 Å². The van der Waals surface area contributed by atoms with Crippen LogP contribution in [0.2, 0.25) is 0 Å². The third-order valence-corrected chi connectivity index (χ3v) is 10.8. The molecule has 282 valence electrons. The quantitative estimate of drug-likeness (QED) is 0.0394. The molecule has 1 atom stereocenters. The highest BCUT2D eigenvalue weighted by atomic mass is 32.2. The van der Waals surface area contributed by atoms with Crippen molar-refractivity contribution < 1.29 is 22.1 Å². The maximum atomic E-state index is 12.8. The van der Waals surface area contributed by atoms with Crippen LogP contribution in [0, 0.1) is 6.92 Å². The van der Waals surface area contributed by atoms with E-state index in [1.54, 1.807) is 24.3 Å². The van der Waals surface area contributed by atoms with Gasteiger partial charge in [-0.05, 0) is 31.9 Å². The Kier molecular flexibility index (Phi) is 31.2. The maximum Gasteiger partial charge on any atom is 0.297 e. The van der Waals surface area contributed by atoms with Crippen molar-refractivity contribution in [2.45, 2.75) is 218 Å². The zero-order valence-corrected chi connectivity index (χ0v) is 32.8. The van der Waals surface area contributed by atoms with Crippen molar-refractivity contribution >= 4 is 10.1 Å². The van der Waals surface area contributed by atoms with Crippen LogP contribution in [0.3, 0.4) is 0 Å². The number of unbranched alkanes of at least 4 members (excludes halogenated alkanes) is 27. The first-order valence-electron chi connectivity index (χ1n) is 20.7. The molecule has 0 aliphatic heterocycles. The van der Waals surface area contributed by atoms with E-state index in [0.29, 0.717) is 13.2 Å². The van der Waals surface area contributed by atoms with Crippen LogP contribution in [0.4, 0.5) is 0 Å². The second-order valence-corrected chi connectivity index (χ2v) is 15.9. The summed E-state index contributed by atoms with van der Waals surface area (Å²) in [5, 5.41) is 0. The Morgan fingerprint density at radius 1 is 0.458 bits per heavy atom. The molecule has 0 radical (unpaired) electrons. The normalized spacial score (nSPS) is 12.6. The van der Waals surface area contributed by atoms with Crippen molar-refractivity contribution in [3.63, 3.8) is 0 Å². The van der Waals surface area contributed by atoms with Crippen molar-refractivity contribution in [2.75, 3.05) is 19.8 Å². The lowest BCUT2D eigenvalue weighted by Gasteiger charge is -2.19. The molecule has 0 spiro atoms. The van der Waals surface area contributed by atoms with E-state index in [2.05, 4.69) is 13.8 Å². The summed E-state index contributed by atoms with van der Waals surface area (Å²) in [6.45, 7) is 7.50. The Labute approximate surface area is 299 Å². The average molecular weight is 695 g/mol. The standard InChI is InChI=1S/C42H78O5S/c1-4-6-8-10-12-14-16-18-20-22-24-26-28-30-32-38-46-42(39-47-48(43,44)41-35-33-40(3)34-36-41)45-37-31-29-27-25-23-21-19-17-15-13-11-9-7-5-2/h33-36,42H,4-32,37-39H2,1-3H3. The number of ether oxygens (including phenoxy) is 2. The van der Waals surface area contributed by atoms with Crippen LogP contribution >= 0.6 is 0 Å². The van der Waals surface area contributed by atoms with Gasteiger partial charge in [-0.3, -0.25) is 4.18 Å². The van der Waals surface area contributed by atoms with Crippen LogP contribution in [0.25, 0.3) is 0 Å². The summed E-state index contributed by atoms with van der Waals surface area (Å²) in [6, 6.07) is 6.75. The minimum atomic E-state index is -3.85. The largest absolute Gasteiger partial charge is 0.350 e. The molecule has 1 rings (SSSR count). The second-order valence-electron chi connectivity index (χ2n) is 14.3. The summed E-state index contributed by atoms with van der Waals surface area (Å²) in [4.78, 5) is 0.168. The molecule has 0 aromatic heterocycles. The molecule has 6 heteroatoms. The Bertz CT molecular complexity index is 901. The maximum absolute atomic E-state index is 12.8. The van der Waals surface area contributed by atoms with Gasteiger partial charge in [0.05, 0.1) is 4.90 Å². The minimum absolute atomic E-state index is 0.118. The molecule has 0 bridgehead atoms. The molecule has 0 aliphatic carbocycles. The highest BCUT2D eigenvalue weighted by Gasteiger charge is 2.19. The highest BCUT2D eigenvalue weighted by Crippen LogP contribution is 2.17. The van der Waals surface area contributed by atoms with Gasteiger partial charge in [0.15, 0.2) is 6.29 Å². The lowest BCUT2D eigenvalue weighted by molar-refractivity contribution is -0.158. The van der Waals surface area contributed by atoms with Crippen molar-refractivity contribution in [2.24, 2.45) is 0 Å². The number of aryl methyl sites for hydroxylation is 1. The highest BCUT2D eigenvalue weighted by molar-refractivity contribution is 7.86. The predicted octanol–water partition coefficient (Wildman–Crippen LogP) is 13.4. The second kappa shape index (κ2) is 33.2. The van der Waals surface area contributed by atoms with Crippen LogP contribution in [-0.4, -0.2) is 34.5 Å².